The van der Waals surface area contributed by atoms with Gasteiger partial charge in [0.05, 0.1) is 16.3 Å². The van der Waals surface area contributed by atoms with Gasteiger partial charge in [0, 0.05) is 53.3 Å². The van der Waals surface area contributed by atoms with E-state index < -0.39 is 22.4 Å². The number of benzene rings is 2. The first-order valence-electron chi connectivity index (χ1n) is 10.3. The zero-order chi connectivity index (χ0) is 21.8. The number of para-hydroxylation sites is 1. The third kappa shape index (κ3) is 6.04. The third-order valence-electron chi connectivity index (χ3n) is 5.79. The van der Waals surface area contributed by atoms with Gasteiger partial charge >= 0.3 is 5.97 Å². The van der Waals surface area contributed by atoms with Gasteiger partial charge < -0.3 is 14.7 Å². The Kier molecular flexibility index (Phi) is 9.01. The van der Waals surface area contributed by atoms with E-state index in [1.165, 1.54) is 6.07 Å². The second kappa shape index (κ2) is 10.9. The molecule has 0 saturated carbocycles. The van der Waals surface area contributed by atoms with Gasteiger partial charge in [0.1, 0.15) is 5.75 Å². The Bertz CT molecular complexity index is 996. The van der Waals surface area contributed by atoms with Crippen molar-refractivity contribution in [3.05, 3.63) is 48.5 Å². The van der Waals surface area contributed by atoms with Crippen molar-refractivity contribution >= 4 is 56.7 Å². The summed E-state index contributed by atoms with van der Waals surface area (Å²) in [5, 5.41) is 8.92. The van der Waals surface area contributed by atoms with Gasteiger partial charge in [-0.1, -0.05) is 44.9 Å². The molecule has 1 N–H and O–H groups in total. The first kappa shape index (κ1) is 25.7. The Labute approximate surface area is 206 Å². The Morgan fingerprint density at radius 2 is 1.87 bits per heavy atom. The average molecular weight is 455 g/mol. The predicted molar refractivity (Wildman–Crippen MR) is 123 cm³/mol. The van der Waals surface area contributed by atoms with Crippen molar-refractivity contribution in [1.29, 1.82) is 0 Å². The SMILES string of the molecule is CCCCC1(CC)CN(c2ccccc2)c2cc(OCC(=O)O)ccc2S(=O)(=O)C1.[Na]. The molecule has 0 amide bonds. The molecule has 1 aliphatic rings. The van der Waals surface area contributed by atoms with Crippen LogP contribution < -0.4 is 9.64 Å². The molecular formula is C23H29NNaO5S. The van der Waals surface area contributed by atoms with Crippen LogP contribution in [0.4, 0.5) is 11.4 Å². The molecule has 6 nitrogen and oxygen atoms in total. The van der Waals surface area contributed by atoms with E-state index in [9.17, 15) is 13.2 Å². The number of anilines is 2. The van der Waals surface area contributed by atoms with Crippen LogP contribution >= 0.6 is 0 Å². The van der Waals surface area contributed by atoms with Crippen LogP contribution in [0.15, 0.2) is 53.4 Å². The number of ether oxygens (including phenoxy) is 1. The molecule has 0 saturated heterocycles. The van der Waals surface area contributed by atoms with Gasteiger partial charge in [0.25, 0.3) is 0 Å². The van der Waals surface area contributed by atoms with Gasteiger partial charge in [-0.2, -0.15) is 0 Å². The van der Waals surface area contributed by atoms with Crippen molar-refractivity contribution in [2.45, 2.75) is 44.4 Å². The van der Waals surface area contributed by atoms with E-state index in [-0.39, 0.29) is 45.6 Å². The molecule has 1 atom stereocenters. The van der Waals surface area contributed by atoms with Crippen LogP contribution in [0.3, 0.4) is 0 Å². The number of nitrogens with zero attached hydrogens (tertiary/aromatic N) is 1. The van der Waals surface area contributed by atoms with Crippen molar-refractivity contribution < 1.29 is 23.1 Å². The average Bonchev–Trinajstić information content (AvgIpc) is 2.83. The van der Waals surface area contributed by atoms with E-state index in [0.29, 0.717) is 18.0 Å². The largest absolute Gasteiger partial charge is 0.482 e. The zero-order valence-electron chi connectivity index (χ0n) is 18.5. The van der Waals surface area contributed by atoms with Crippen LogP contribution in [0.2, 0.25) is 0 Å². The number of carboxylic acid groups (broad SMARTS) is 1. The molecule has 1 heterocycles. The Morgan fingerprint density at radius 1 is 1.16 bits per heavy atom. The molecule has 1 radical (unpaired) electrons. The molecule has 1 unspecified atom stereocenters. The van der Waals surface area contributed by atoms with Crippen LogP contribution in [-0.2, 0) is 14.6 Å². The molecule has 0 aliphatic carbocycles. The van der Waals surface area contributed by atoms with Crippen LogP contribution in [0, 0.1) is 5.41 Å². The molecule has 2 aromatic rings. The minimum Gasteiger partial charge on any atom is -0.482 e. The summed E-state index contributed by atoms with van der Waals surface area (Å²) in [5.41, 5.74) is 1.07. The minimum absolute atomic E-state index is 0. The molecule has 0 spiro atoms. The second-order valence-corrected chi connectivity index (χ2v) is 9.91. The number of rotatable bonds is 8. The van der Waals surface area contributed by atoms with Gasteiger partial charge in [-0.05, 0) is 37.1 Å². The Hall–Kier alpha value is -1.54. The molecule has 163 valence electrons. The van der Waals surface area contributed by atoms with E-state index in [1.54, 1.807) is 12.1 Å². The first-order valence-corrected chi connectivity index (χ1v) is 12.0. The molecule has 31 heavy (non-hydrogen) atoms. The standard InChI is InChI=1S/C23H29NO5S.Na/c1-3-5-13-23(4-2)16-24(18-9-7-6-8-10-18)20-14-19(29-15-22(25)26)11-12-21(20)30(27,28)17-23;/h6-12,14H,3-5,13,15-17H2,1-2H3,(H,25,26);. The summed E-state index contributed by atoms with van der Waals surface area (Å²) in [4.78, 5) is 13.2. The fourth-order valence-corrected chi connectivity index (χ4v) is 6.25. The summed E-state index contributed by atoms with van der Waals surface area (Å²) >= 11 is 0. The molecule has 0 aromatic heterocycles. The van der Waals surface area contributed by atoms with E-state index >= 15 is 0 Å². The summed E-state index contributed by atoms with van der Waals surface area (Å²) < 4.78 is 32.2. The quantitative estimate of drug-likeness (QED) is 0.600. The summed E-state index contributed by atoms with van der Waals surface area (Å²) in [6, 6.07) is 14.4. The smallest absolute Gasteiger partial charge is 0.341 e. The van der Waals surface area contributed by atoms with E-state index in [2.05, 4.69) is 13.8 Å². The van der Waals surface area contributed by atoms with Crippen molar-refractivity contribution in [2.75, 3.05) is 23.8 Å². The number of hydrogen-bond acceptors (Lipinski definition) is 5. The summed E-state index contributed by atoms with van der Waals surface area (Å²) in [5.74, 6) is -0.644. The number of carboxylic acids is 1. The van der Waals surface area contributed by atoms with Crippen LogP contribution in [0.5, 0.6) is 5.75 Å². The molecule has 0 fully saturated rings. The maximum Gasteiger partial charge on any atom is 0.341 e. The second-order valence-electron chi connectivity index (χ2n) is 7.95. The molecule has 0 bridgehead atoms. The Morgan fingerprint density at radius 3 is 2.48 bits per heavy atom. The number of fused-ring (bicyclic) bond motifs is 1. The van der Waals surface area contributed by atoms with Crippen LogP contribution in [-0.4, -0.2) is 68.0 Å². The van der Waals surface area contributed by atoms with Gasteiger partial charge in [0.2, 0.25) is 0 Å². The van der Waals surface area contributed by atoms with E-state index in [0.717, 1.165) is 31.4 Å². The molecule has 2 aromatic carbocycles. The van der Waals surface area contributed by atoms with E-state index in [1.807, 2.05) is 35.2 Å². The van der Waals surface area contributed by atoms with Crippen molar-refractivity contribution in [3.8, 4) is 5.75 Å². The summed E-state index contributed by atoms with van der Waals surface area (Å²) in [6.07, 6.45) is 3.56. The maximum atomic E-state index is 13.4. The molecule has 8 heteroatoms. The number of carbonyl (C=O) groups is 1. The zero-order valence-corrected chi connectivity index (χ0v) is 21.3. The predicted octanol–water partition coefficient (Wildman–Crippen LogP) is 4.28. The molecule has 3 rings (SSSR count). The fraction of sp³-hybridized carbons (Fsp3) is 0.435. The van der Waals surface area contributed by atoms with Gasteiger partial charge in [-0.15, -0.1) is 0 Å². The van der Waals surface area contributed by atoms with Gasteiger partial charge in [-0.25, -0.2) is 13.2 Å². The number of aliphatic carboxylic acids is 1. The fourth-order valence-electron chi connectivity index (χ4n) is 4.08. The number of hydrogen-bond donors (Lipinski definition) is 1. The molecular weight excluding hydrogens is 425 g/mol. The monoisotopic (exact) mass is 454 g/mol. The minimum atomic E-state index is -3.53. The normalized spacial score (nSPS) is 19.6. The Balaban J connectivity index is 0.00000341. The summed E-state index contributed by atoms with van der Waals surface area (Å²) in [6.45, 7) is 4.27. The third-order valence-corrected chi connectivity index (χ3v) is 7.79. The van der Waals surface area contributed by atoms with Gasteiger partial charge in [0.15, 0.2) is 16.4 Å². The van der Waals surface area contributed by atoms with Crippen molar-refractivity contribution in [2.24, 2.45) is 5.41 Å². The van der Waals surface area contributed by atoms with Crippen LogP contribution in [0.25, 0.3) is 0 Å². The molecule has 1 aliphatic heterocycles. The van der Waals surface area contributed by atoms with Crippen molar-refractivity contribution in [1.82, 2.24) is 0 Å². The van der Waals surface area contributed by atoms with E-state index in [4.69, 9.17) is 9.84 Å². The number of unbranched alkanes of at least 4 members (excludes halogenated alkanes) is 1. The van der Waals surface area contributed by atoms with Gasteiger partial charge in [-0.3, -0.25) is 0 Å². The first-order chi connectivity index (χ1) is 14.3. The summed E-state index contributed by atoms with van der Waals surface area (Å²) in [7, 11) is -3.53. The maximum absolute atomic E-state index is 13.4. The topological polar surface area (TPSA) is 83.9 Å². The van der Waals surface area contributed by atoms with Crippen molar-refractivity contribution in [3.63, 3.8) is 0 Å². The number of sulfone groups is 1. The van der Waals surface area contributed by atoms with Crippen LogP contribution in [0.1, 0.15) is 39.5 Å².